The summed E-state index contributed by atoms with van der Waals surface area (Å²) in [5, 5.41) is 2.66. The summed E-state index contributed by atoms with van der Waals surface area (Å²) in [6.45, 7) is -0.174. The van der Waals surface area contributed by atoms with E-state index in [4.69, 9.17) is 0 Å². The van der Waals surface area contributed by atoms with E-state index in [1.54, 1.807) is 18.5 Å². The van der Waals surface area contributed by atoms with Gasteiger partial charge in [0.25, 0.3) is 5.91 Å². The Morgan fingerprint density at radius 1 is 1.04 bits per heavy atom. The lowest BCUT2D eigenvalue weighted by atomic mass is 9.99. The van der Waals surface area contributed by atoms with Crippen molar-refractivity contribution in [1.29, 1.82) is 0 Å². The van der Waals surface area contributed by atoms with Gasteiger partial charge in [0, 0.05) is 30.7 Å². The Labute approximate surface area is 160 Å². The molecule has 0 fully saturated rings. The zero-order valence-corrected chi connectivity index (χ0v) is 14.7. The van der Waals surface area contributed by atoms with Crippen molar-refractivity contribution in [2.24, 2.45) is 9.98 Å². The molecule has 0 saturated carbocycles. The van der Waals surface area contributed by atoms with Gasteiger partial charge in [-0.05, 0) is 17.2 Å². The number of allylic oxidation sites excluding steroid dienone is 1. The molecule has 0 spiro atoms. The van der Waals surface area contributed by atoms with Gasteiger partial charge in [-0.3, -0.25) is 14.6 Å². The summed E-state index contributed by atoms with van der Waals surface area (Å²) >= 11 is 0. The molecule has 1 N–H and O–H groups in total. The Morgan fingerprint density at radius 2 is 1.86 bits per heavy atom. The first-order chi connectivity index (χ1) is 13.6. The molecule has 2 aromatic rings. The molecule has 1 aromatic heterocycles. The maximum absolute atomic E-state index is 12.7. The molecule has 8 nitrogen and oxygen atoms in total. The minimum Gasteiger partial charge on any atom is -0.350 e. The molecule has 0 aliphatic carbocycles. The second kappa shape index (κ2) is 7.36. The van der Waals surface area contributed by atoms with Crippen LogP contribution in [0.4, 0.5) is 4.79 Å². The number of aromatic nitrogens is 1. The molecule has 4 amide bonds. The largest absolute Gasteiger partial charge is 0.351 e. The van der Waals surface area contributed by atoms with Gasteiger partial charge in [0.1, 0.15) is 12.3 Å². The number of fused-ring (bicyclic) bond motifs is 1. The van der Waals surface area contributed by atoms with Gasteiger partial charge in [-0.2, -0.15) is 4.99 Å². The van der Waals surface area contributed by atoms with Crippen molar-refractivity contribution in [2.45, 2.75) is 6.54 Å². The molecular formula is C20H15N5O3. The number of carbonyl (C=O) groups is 3. The number of carbonyl (C=O) groups excluding carboxylic acids is 3. The molecule has 8 heteroatoms. The predicted octanol–water partition coefficient (Wildman–Crippen LogP) is 1.60. The zero-order chi connectivity index (χ0) is 19.5. The van der Waals surface area contributed by atoms with Crippen LogP contribution in [-0.2, 0) is 16.1 Å². The number of imide groups is 1. The molecule has 4 rings (SSSR count). The number of nitrogens with one attached hydrogen (secondary N) is 1. The molecule has 138 valence electrons. The maximum atomic E-state index is 12.7. The lowest BCUT2D eigenvalue weighted by Gasteiger charge is -2.23. The number of urea groups is 1. The first kappa shape index (κ1) is 17.5. The monoisotopic (exact) mass is 373 g/mol. The Morgan fingerprint density at radius 3 is 2.61 bits per heavy atom. The smallest absolute Gasteiger partial charge is 0.350 e. The third kappa shape index (κ3) is 3.35. The number of hydrogen-bond donors (Lipinski definition) is 1. The van der Waals surface area contributed by atoms with E-state index in [1.807, 2.05) is 36.4 Å². The maximum Gasteiger partial charge on any atom is 0.351 e. The minimum absolute atomic E-state index is 0.0681. The normalized spacial score (nSPS) is 15.6. The number of amides is 4. The first-order valence-corrected chi connectivity index (χ1v) is 8.58. The Kier molecular flexibility index (Phi) is 4.59. The molecule has 1 aromatic carbocycles. The first-order valence-electron chi connectivity index (χ1n) is 8.58. The quantitative estimate of drug-likeness (QED) is 0.859. The van der Waals surface area contributed by atoms with Crippen LogP contribution in [0, 0.1) is 0 Å². The van der Waals surface area contributed by atoms with Crippen LogP contribution in [-0.4, -0.2) is 45.7 Å². The number of nitrogens with zero attached hydrogens (tertiary/aromatic N) is 4. The molecule has 2 aliphatic rings. The van der Waals surface area contributed by atoms with Crippen molar-refractivity contribution in [2.75, 3.05) is 6.54 Å². The molecule has 0 unspecified atom stereocenters. The van der Waals surface area contributed by atoms with E-state index in [9.17, 15) is 14.4 Å². The van der Waals surface area contributed by atoms with Gasteiger partial charge in [0.05, 0.1) is 0 Å². The van der Waals surface area contributed by atoms with Crippen LogP contribution in [0.3, 0.4) is 0 Å². The zero-order valence-electron chi connectivity index (χ0n) is 14.7. The van der Waals surface area contributed by atoms with E-state index in [0.717, 1.165) is 16.0 Å². The lowest BCUT2D eigenvalue weighted by molar-refractivity contribution is -0.128. The Balaban J connectivity index is 1.46. The molecule has 0 radical (unpaired) electrons. The third-order valence-electron chi connectivity index (χ3n) is 4.29. The highest BCUT2D eigenvalue weighted by atomic mass is 16.2. The summed E-state index contributed by atoms with van der Waals surface area (Å²) in [7, 11) is 0. The molecule has 0 saturated heterocycles. The van der Waals surface area contributed by atoms with E-state index in [-0.39, 0.29) is 18.0 Å². The number of benzene rings is 1. The molecule has 0 atom stereocenters. The van der Waals surface area contributed by atoms with E-state index in [1.165, 1.54) is 6.20 Å². The standard InChI is InChI=1S/C20H15N5O3/c26-16(22-10-13-5-4-8-21-9-13)12-25-19(27)18-17(24-20(25)28)15(11-23-18)14-6-2-1-3-7-14/h1-9,11H,10,12H2,(H,22,26). The van der Waals surface area contributed by atoms with Crippen molar-refractivity contribution in [3.05, 3.63) is 72.2 Å². The second-order valence-electron chi connectivity index (χ2n) is 6.16. The van der Waals surface area contributed by atoms with Crippen LogP contribution in [0.2, 0.25) is 0 Å². The van der Waals surface area contributed by atoms with Gasteiger partial charge < -0.3 is 5.32 Å². The molecule has 3 heterocycles. The topological polar surface area (TPSA) is 104 Å². The Bertz CT molecular complexity index is 1040. The van der Waals surface area contributed by atoms with Gasteiger partial charge >= 0.3 is 6.03 Å². The Hall–Kier alpha value is -3.94. The van der Waals surface area contributed by atoms with Crippen LogP contribution in [0.15, 0.2) is 71.0 Å². The number of aliphatic imine (C=N–C) groups is 2. The van der Waals surface area contributed by atoms with Crippen LogP contribution in [0.5, 0.6) is 0 Å². The average molecular weight is 373 g/mol. The van der Waals surface area contributed by atoms with Gasteiger partial charge in [-0.15, -0.1) is 0 Å². The molecule has 28 heavy (non-hydrogen) atoms. The van der Waals surface area contributed by atoms with Crippen LogP contribution in [0.25, 0.3) is 5.57 Å². The van der Waals surface area contributed by atoms with E-state index in [2.05, 4.69) is 20.3 Å². The average Bonchev–Trinajstić information content (AvgIpc) is 3.15. The van der Waals surface area contributed by atoms with E-state index >= 15 is 0 Å². The SMILES string of the molecule is O=C(CN1C(=O)N=C2C(c3ccccc3)=CN=C2C1=O)NCc1cccnc1. The minimum atomic E-state index is -0.779. The highest BCUT2D eigenvalue weighted by Gasteiger charge is 2.38. The molecular weight excluding hydrogens is 358 g/mol. The second-order valence-corrected chi connectivity index (χ2v) is 6.16. The summed E-state index contributed by atoms with van der Waals surface area (Å²) < 4.78 is 0. The van der Waals surface area contributed by atoms with Crippen LogP contribution in [0.1, 0.15) is 11.1 Å². The van der Waals surface area contributed by atoms with Gasteiger partial charge in [0.2, 0.25) is 5.91 Å². The summed E-state index contributed by atoms with van der Waals surface area (Å²) in [5.41, 5.74) is 2.54. The summed E-state index contributed by atoms with van der Waals surface area (Å²) in [5.74, 6) is -1.10. The van der Waals surface area contributed by atoms with Crippen molar-refractivity contribution in [1.82, 2.24) is 15.2 Å². The van der Waals surface area contributed by atoms with E-state index < -0.39 is 24.4 Å². The lowest BCUT2D eigenvalue weighted by Crippen LogP contribution is -2.50. The summed E-state index contributed by atoms with van der Waals surface area (Å²) in [4.78, 5) is 50.1. The van der Waals surface area contributed by atoms with Crippen molar-refractivity contribution >= 4 is 34.8 Å². The number of rotatable bonds is 5. The summed E-state index contributed by atoms with van der Waals surface area (Å²) in [6, 6.07) is 12.0. The van der Waals surface area contributed by atoms with E-state index in [0.29, 0.717) is 5.57 Å². The fraction of sp³-hybridized carbons (Fsp3) is 0.100. The van der Waals surface area contributed by atoms with Crippen molar-refractivity contribution in [3.63, 3.8) is 0 Å². The third-order valence-corrected chi connectivity index (χ3v) is 4.29. The van der Waals surface area contributed by atoms with Gasteiger partial charge in [0.15, 0.2) is 5.71 Å². The fourth-order valence-electron chi connectivity index (χ4n) is 2.89. The van der Waals surface area contributed by atoms with Crippen LogP contribution < -0.4 is 5.32 Å². The van der Waals surface area contributed by atoms with Crippen molar-refractivity contribution < 1.29 is 14.4 Å². The number of pyridine rings is 1. The van der Waals surface area contributed by atoms with Gasteiger partial charge in [-0.1, -0.05) is 36.4 Å². The fourth-order valence-corrected chi connectivity index (χ4v) is 2.89. The van der Waals surface area contributed by atoms with Crippen LogP contribution >= 0.6 is 0 Å². The summed E-state index contributed by atoms with van der Waals surface area (Å²) in [6.07, 6.45) is 4.77. The number of hydrogen-bond acceptors (Lipinski definition) is 5. The highest BCUT2D eigenvalue weighted by molar-refractivity contribution is 6.78. The predicted molar refractivity (Wildman–Crippen MR) is 102 cm³/mol. The molecule has 2 aliphatic heterocycles. The van der Waals surface area contributed by atoms with Gasteiger partial charge in [-0.25, -0.2) is 14.7 Å². The molecule has 0 bridgehead atoms. The highest BCUT2D eigenvalue weighted by Crippen LogP contribution is 2.25. The van der Waals surface area contributed by atoms with Crippen molar-refractivity contribution in [3.8, 4) is 0 Å².